The Morgan fingerprint density at radius 1 is 1.30 bits per heavy atom. The van der Waals surface area contributed by atoms with E-state index in [0.29, 0.717) is 28.3 Å². The number of carbonyl (C=O) groups excluding carboxylic acids is 3. The SMILES string of the molecule is NC(=O)CC1(C2=CCCC=C2)CCc2c(sc(N)c2C(=O)NC2CC2)C1=O. The van der Waals surface area contributed by atoms with Crippen molar-refractivity contribution in [3.63, 3.8) is 0 Å². The Balaban J connectivity index is 1.75. The lowest BCUT2D eigenvalue weighted by Gasteiger charge is -2.37. The van der Waals surface area contributed by atoms with Gasteiger partial charge >= 0.3 is 0 Å². The number of allylic oxidation sites excluding steroid dienone is 4. The number of carbonyl (C=O) groups is 3. The van der Waals surface area contributed by atoms with Gasteiger partial charge in [0, 0.05) is 12.5 Å². The van der Waals surface area contributed by atoms with Crippen molar-refractivity contribution >= 4 is 33.9 Å². The number of nitrogens with one attached hydrogen (secondary N) is 1. The van der Waals surface area contributed by atoms with Gasteiger partial charge < -0.3 is 16.8 Å². The zero-order valence-electron chi connectivity index (χ0n) is 15.0. The summed E-state index contributed by atoms with van der Waals surface area (Å²) in [5, 5.41) is 3.33. The average Bonchev–Trinajstić information content (AvgIpc) is 3.38. The smallest absolute Gasteiger partial charge is 0.254 e. The standard InChI is InChI=1S/C20H23N3O3S/c21-14(24)10-20(11-4-2-1-3-5-11)9-8-13-15(19(26)23-12-6-7-12)18(22)27-16(13)17(20)25/h2,4-5,12H,1,3,6-10,22H2,(H2,21,24)(H,23,26). The molecule has 0 aliphatic heterocycles. The van der Waals surface area contributed by atoms with E-state index in [2.05, 4.69) is 5.32 Å². The third kappa shape index (κ3) is 3.10. The molecule has 3 aliphatic rings. The van der Waals surface area contributed by atoms with E-state index in [0.717, 1.165) is 48.2 Å². The largest absolute Gasteiger partial charge is 0.390 e. The van der Waals surface area contributed by atoms with E-state index in [1.165, 1.54) is 0 Å². The predicted octanol–water partition coefficient (Wildman–Crippen LogP) is 2.49. The van der Waals surface area contributed by atoms with E-state index in [1.54, 1.807) is 0 Å². The van der Waals surface area contributed by atoms with Gasteiger partial charge in [0.1, 0.15) is 0 Å². The zero-order chi connectivity index (χ0) is 19.2. The first-order chi connectivity index (χ1) is 12.9. The summed E-state index contributed by atoms with van der Waals surface area (Å²) < 4.78 is 0. The summed E-state index contributed by atoms with van der Waals surface area (Å²) in [6.07, 6.45) is 10.7. The molecule has 6 nitrogen and oxygen atoms in total. The van der Waals surface area contributed by atoms with Gasteiger partial charge in [-0.05, 0) is 49.7 Å². The second-order valence-electron chi connectivity index (χ2n) is 7.59. The number of fused-ring (bicyclic) bond motifs is 1. The van der Waals surface area contributed by atoms with Gasteiger partial charge in [0.15, 0.2) is 5.78 Å². The fourth-order valence-electron chi connectivity index (χ4n) is 4.12. The molecule has 1 saturated carbocycles. The molecule has 2 amide bonds. The first-order valence-corrected chi connectivity index (χ1v) is 10.2. The van der Waals surface area contributed by atoms with Crippen LogP contribution in [0.1, 0.15) is 64.1 Å². The van der Waals surface area contributed by atoms with Crippen LogP contribution in [0.2, 0.25) is 0 Å². The predicted molar refractivity (Wildman–Crippen MR) is 105 cm³/mol. The van der Waals surface area contributed by atoms with Crippen molar-refractivity contribution in [1.29, 1.82) is 0 Å². The Kier molecular flexibility index (Phi) is 4.42. The summed E-state index contributed by atoms with van der Waals surface area (Å²) in [6, 6.07) is 0.221. The number of nitrogens with two attached hydrogens (primary N) is 2. The number of ketones is 1. The summed E-state index contributed by atoms with van der Waals surface area (Å²) in [4.78, 5) is 38.5. The van der Waals surface area contributed by atoms with Crippen molar-refractivity contribution in [3.8, 4) is 0 Å². The molecule has 5 N–H and O–H groups in total. The van der Waals surface area contributed by atoms with Crippen LogP contribution in [0.15, 0.2) is 23.8 Å². The molecule has 1 unspecified atom stereocenters. The van der Waals surface area contributed by atoms with Crippen LogP contribution in [0.5, 0.6) is 0 Å². The number of anilines is 1. The third-order valence-electron chi connectivity index (χ3n) is 5.64. The lowest BCUT2D eigenvalue weighted by molar-refractivity contribution is -0.119. The number of Topliss-reactive ketones (excluding diaryl/α,β-unsaturated/α-hetero) is 1. The van der Waals surface area contributed by atoms with Crippen molar-refractivity contribution in [2.75, 3.05) is 5.73 Å². The highest BCUT2D eigenvalue weighted by Crippen LogP contribution is 2.49. The van der Waals surface area contributed by atoms with Crippen LogP contribution in [-0.4, -0.2) is 23.6 Å². The molecule has 1 fully saturated rings. The van der Waals surface area contributed by atoms with Gasteiger partial charge in [0.05, 0.1) is 20.9 Å². The summed E-state index contributed by atoms with van der Waals surface area (Å²) in [7, 11) is 0. The Morgan fingerprint density at radius 3 is 2.70 bits per heavy atom. The number of thiophene rings is 1. The van der Waals surface area contributed by atoms with Gasteiger partial charge in [0.25, 0.3) is 5.91 Å². The lowest BCUT2D eigenvalue weighted by Crippen LogP contribution is -2.41. The second kappa shape index (κ2) is 6.64. The molecule has 3 aliphatic carbocycles. The van der Waals surface area contributed by atoms with Crippen LogP contribution < -0.4 is 16.8 Å². The zero-order valence-corrected chi connectivity index (χ0v) is 15.9. The number of hydrogen-bond donors (Lipinski definition) is 3. The monoisotopic (exact) mass is 385 g/mol. The van der Waals surface area contributed by atoms with Crippen LogP contribution in [-0.2, 0) is 11.2 Å². The van der Waals surface area contributed by atoms with E-state index >= 15 is 0 Å². The van der Waals surface area contributed by atoms with E-state index in [9.17, 15) is 14.4 Å². The molecule has 0 radical (unpaired) electrons. The molecule has 27 heavy (non-hydrogen) atoms. The van der Waals surface area contributed by atoms with E-state index < -0.39 is 11.3 Å². The van der Waals surface area contributed by atoms with Crippen LogP contribution in [0.4, 0.5) is 5.00 Å². The first kappa shape index (κ1) is 18.0. The van der Waals surface area contributed by atoms with Crippen molar-refractivity contribution in [1.82, 2.24) is 5.32 Å². The highest BCUT2D eigenvalue weighted by atomic mass is 32.1. The second-order valence-corrected chi connectivity index (χ2v) is 8.64. The highest BCUT2D eigenvalue weighted by molar-refractivity contribution is 7.18. The summed E-state index contributed by atoms with van der Waals surface area (Å²) in [5.74, 6) is -0.829. The third-order valence-corrected chi connectivity index (χ3v) is 6.70. The van der Waals surface area contributed by atoms with Crippen LogP contribution in [0.25, 0.3) is 0 Å². The Bertz CT molecular complexity index is 895. The molecule has 1 heterocycles. The van der Waals surface area contributed by atoms with Crippen LogP contribution in [0.3, 0.4) is 0 Å². The number of primary amides is 1. The van der Waals surface area contributed by atoms with Gasteiger partial charge in [-0.25, -0.2) is 0 Å². The van der Waals surface area contributed by atoms with Gasteiger partial charge in [-0.3, -0.25) is 14.4 Å². The Labute approximate surface area is 161 Å². The maximum atomic E-state index is 13.5. The summed E-state index contributed by atoms with van der Waals surface area (Å²) in [6.45, 7) is 0. The molecule has 0 saturated heterocycles. The molecular formula is C20H23N3O3S. The van der Waals surface area contributed by atoms with Crippen molar-refractivity contribution in [3.05, 3.63) is 39.8 Å². The van der Waals surface area contributed by atoms with Crippen LogP contribution >= 0.6 is 11.3 Å². The first-order valence-electron chi connectivity index (χ1n) is 9.34. The maximum Gasteiger partial charge on any atom is 0.254 e. The lowest BCUT2D eigenvalue weighted by atomic mass is 9.65. The van der Waals surface area contributed by atoms with E-state index in [4.69, 9.17) is 11.5 Å². The molecule has 1 atom stereocenters. The molecule has 0 bridgehead atoms. The molecule has 7 heteroatoms. The number of hydrogen-bond acceptors (Lipinski definition) is 5. The average molecular weight is 385 g/mol. The topological polar surface area (TPSA) is 115 Å². The molecule has 142 valence electrons. The molecule has 0 spiro atoms. The van der Waals surface area contributed by atoms with E-state index in [-0.39, 0.29) is 24.2 Å². The highest BCUT2D eigenvalue weighted by Gasteiger charge is 2.48. The molecular weight excluding hydrogens is 362 g/mol. The Morgan fingerprint density at radius 2 is 2.07 bits per heavy atom. The van der Waals surface area contributed by atoms with Gasteiger partial charge in [-0.2, -0.15) is 0 Å². The number of amides is 2. The maximum absolute atomic E-state index is 13.5. The van der Waals surface area contributed by atoms with Crippen molar-refractivity contribution in [2.45, 2.75) is 51.0 Å². The fraction of sp³-hybridized carbons (Fsp3) is 0.450. The van der Waals surface area contributed by atoms with Gasteiger partial charge in [-0.1, -0.05) is 18.2 Å². The summed E-state index contributed by atoms with van der Waals surface area (Å²) >= 11 is 1.16. The number of rotatable bonds is 5. The van der Waals surface area contributed by atoms with Crippen LogP contribution in [0, 0.1) is 5.41 Å². The Hall–Kier alpha value is -2.41. The van der Waals surface area contributed by atoms with Crippen molar-refractivity contribution in [2.24, 2.45) is 11.1 Å². The summed E-state index contributed by atoms with van der Waals surface area (Å²) in [5.41, 5.74) is 12.7. The van der Waals surface area contributed by atoms with Gasteiger partial charge in [-0.15, -0.1) is 11.3 Å². The molecule has 0 aromatic carbocycles. The number of nitrogen functional groups attached to an aromatic ring is 1. The van der Waals surface area contributed by atoms with Gasteiger partial charge in [0.2, 0.25) is 5.91 Å². The molecule has 4 rings (SSSR count). The minimum atomic E-state index is -0.947. The molecule has 1 aromatic heterocycles. The normalized spacial score (nSPS) is 24.3. The molecule has 1 aromatic rings. The van der Waals surface area contributed by atoms with E-state index in [1.807, 2.05) is 18.2 Å². The minimum absolute atomic E-state index is 0.0249. The van der Waals surface area contributed by atoms with Crippen molar-refractivity contribution < 1.29 is 14.4 Å². The quantitative estimate of drug-likeness (QED) is 0.722. The fourth-order valence-corrected chi connectivity index (χ4v) is 5.28. The minimum Gasteiger partial charge on any atom is -0.390 e.